The van der Waals surface area contributed by atoms with Gasteiger partial charge in [-0.05, 0) is 24.5 Å². The van der Waals surface area contributed by atoms with Gasteiger partial charge in [-0.25, -0.2) is 0 Å². The van der Waals surface area contributed by atoms with Crippen LogP contribution >= 0.6 is 0 Å². The van der Waals surface area contributed by atoms with Crippen LogP contribution in [0.1, 0.15) is 25.0 Å². The third-order valence-corrected chi connectivity index (χ3v) is 2.57. The summed E-state index contributed by atoms with van der Waals surface area (Å²) in [4.78, 5) is 2.17. The van der Waals surface area contributed by atoms with Crippen LogP contribution in [-0.4, -0.2) is 34.3 Å². The molecule has 2 heterocycles. The predicted octanol–water partition coefficient (Wildman–Crippen LogP) is 0.146. The number of hydrogen-bond donors (Lipinski definition) is 2. The normalized spacial score (nSPS) is 16.4. The minimum atomic E-state index is -0.0505. The largest absolute Gasteiger partial charge is 0.382 e. The molecule has 0 spiro atoms. The lowest BCUT2D eigenvalue weighted by molar-refractivity contribution is 0.574. The molecule has 1 aromatic heterocycles. The van der Waals surface area contributed by atoms with E-state index in [4.69, 9.17) is 11.1 Å². The van der Waals surface area contributed by atoms with Crippen LogP contribution in [0.25, 0.3) is 0 Å². The summed E-state index contributed by atoms with van der Waals surface area (Å²) in [7, 11) is 0. The van der Waals surface area contributed by atoms with E-state index in [1.807, 2.05) is 0 Å². The van der Waals surface area contributed by atoms with Gasteiger partial charge in [-0.3, -0.25) is 5.41 Å². The smallest absolute Gasteiger partial charge is 0.154 e. The van der Waals surface area contributed by atoms with Crippen LogP contribution in [-0.2, 0) is 0 Å². The zero-order chi connectivity index (χ0) is 10.7. The third kappa shape index (κ3) is 2.03. The Labute approximate surface area is 88.0 Å². The Bertz CT molecular complexity index is 357. The summed E-state index contributed by atoms with van der Waals surface area (Å²) in [5, 5.41) is 18.5. The van der Waals surface area contributed by atoms with Gasteiger partial charge in [-0.2, -0.15) is 0 Å². The van der Waals surface area contributed by atoms with E-state index in [1.54, 1.807) is 6.20 Å². The summed E-state index contributed by atoms with van der Waals surface area (Å²) in [6, 6.07) is 0. The minimum absolute atomic E-state index is 0.0505. The first-order valence-electron chi connectivity index (χ1n) is 5.07. The number of aromatic nitrogens is 3. The number of nitrogens with two attached hydrogens (primary N) is 1. The molecule has 0 saturated carbocycles. The zero-order valence-corrected chi connectivity index (χ0v) is 8.48. The first kappa shape index (κ1) is 9.82. The van der Waals surface area contributed by atoms with Crippen molar-refractivity contribution in [3.05, 3.63) is 11.9 Å². The van der Waals surface area contributed by atoms with Crippen LogP contribution in [0.3, 0.4) is 0 Å². The molecule has 0 radical (unpaired) electrons. The van der Waals surface area contributed by atoms with E-state index in [2.05, 4.69) is 20.3 Å². The zero-order valence-electron chi connectivity index (χ0n) is 8.48. The van der Waals surface area contributed by atoms with Crippen molar-refractivity contribution in [3.63, 3.8) is 0 Å². The number of piperidine rings is 1. The van der Waals surface area contributed by atoms with Gasteiger partial charge in [0.05, 0.1) is 11.9 Å². The Hall–Kier alpha value is -1.72. The number of rotatable bonds is 2. The molecule has 80 valence electrons. The summed E-state index contributed by atoms with van der Waals surface area (Å²) in [6.07, 6.45) is 5.23. The monoisotopic (exact) mass is 206 g/mol. The summed E-state index contributed by atoms with van der Waals surface area (Å²) < 4.78 is 0. The minimum Gasteiger partial charge on any atom is -0.382 e. The molecule has 0 bridgehead atoms. The van der Waals surface area contributed by atoms with Gasteiger partial charge in [0.1, 0.15) is 5.84 Å². The van der Waals surface area contributed by atoms with Crippen LogP contribution in [0.5, 0.6) is 0 Å². The lowest BCUT2D eigenvalue weighted by atomic mass is 10.1. The van der Waals surface area contributed by atoms with Crippen LogP contribution in [0.15, 0.2) is 6.20 Å². The van der Waals surface area contributed by atoms with Gasteiger partial charge >= 0.3 is 0 Å². The van der Waals surface area contributed by atoms with E-state index >= 15 is 0 Å². The van der Waals surface area contributed by atoms with E-state index in [0.717, 1.165) is 18.8 Å². The van der Waals surface area contributed by atoms with Gasteiger partial charge in [0.25, 0.3) is 0 Å². The number of nitrogen functional groups attached to an aromatic ring is 1. The standard InChI is InChI=1S/C9H14N6/c10-9(11)8-7(6-12-14-13-8)15-4-2-1-3-5-15/h6H,1-5H2,(H3,10,11). The Morgan fingerprint density at radius 2 is 2.07 bits per heavy atom. The highest BCUT2D eigenvalue weighted by molar-refractivity contribution is 5.98. The lowest BCUT2D eigenvalue weighted by Crippen LogP contribution is -2.32. The van der Waals surface area contributed by atoms with Crippen molar-refractivity contribution < 1.29 is 0 Å². The second kappa shape index (κ2) is 4.20. The Balaban J connectivity index is 2.29. The first-order valence-corrected chi connectivity index (χ1v) is 5.07. The molecule has 6 heteroatoms. The Kier molecular flexibility index (Phi) is 2.75. The van der Waals surface area contributed by atoms with Gasteiger partial charge in [0, 0.05) is 13.1 Å². The molecule has 0 aliphatic carbocycles. The van der Waals surface area contributed by atoms with Crippen LogP contribution in [0.2, 0.25) is 0 Å². The molecule has 0 unspecified atom stereocenters. The molecular formula is C9H14N6. The number of nitrogens with zero attached hydrogens (tertiary/aromatic N) is 4. The summed E-state index contributed by atoms with van der Waals surface area (Å²) >= 11 is 0. The number of anilines is 1. The van der Waals surface area contributed by atoms with Gasteiger partial charge in [0.15, 0.2) is 5.69 Å². The molecule has 0 amide bonds. The quantitative estimate of drug-likeness (QED) is 0.530. The predicted molar refractivity (Wildman–Crippen MR) is 56.9 cm³/mol. The fraction of sp³-hybridized carbons (Fsp3) is 0.556. The van der Waals surface area contributed by atoms with Crippen molar-refractivity contribution >= 4 is 11.5 Å². The molecule has 1 aliphatic heterocycles. The second-order valence-electron chi connectivity index (χ2n) is 3.63. The Morgan fingerprint density at radius 1 is 1.33 bits per heavy atom. The summed E-state index contributed by atoms with van der Waals surface area (Å²) in [6.45, 7) is 1.96. The van der Waals surface area contributed by atoms with Gasteiger partial charge in [-0.1, -0.05) is 0 Å². The molecule has 1 aliphatic rings. The molecule has 1 aromatic rings. The number of amidine groups is 1. The molecule has 1 fully saturated rings. The van der Waals surface area contributed by atoms with Crippen molar-refractivity contribution in [1.29, 1.82) is 5.41 Å². The second-order valence-corrected chi connectivity index (χ2v) is 3.63. The highest BCUT2D eigenvalue weighted by Gasteiger charge is 2.17. The molecule has 3 N–H and O–H groups in total. The number of hydrogen-bond acceptors (Lipinski definition) is 5. The van der Waals surface area contributed by atoms with E-state index in [-0.39, 0.29) is 5.84 Å². The maximum atomic E-state index is 7.42. The molecular weight excluding hydrogens is 192 g/mol. The fourth-order valence-electron chi connectivity index (χ4n) is 1.82. The van der Waals surface area contributed by atoms with E-state index in [0.29, 0.717) is 5.69 Å². The average Bonchev–Trinajstić information content (AvgIpc) is 2.30. The maximum Gasteiger partial charge on any atom is 0.154 e. The van der Waals surface area contributed by atoms with Gasteiger partial charge in [-0.15, -0.1) is 10.2 Å². The maximum absolute atomic E-state index is 7.42. The molecule has 2 rings (SSSR count). The fourth-order valence-corrected chi connectivity index (χ4v) is 1.82. The summed E-state index contributed by atoms with van der Waals surface area (Å²) in [5.41, 5.74) is 6.72. The topological polar surface area (TPSA) is 91.8 Å². The lowest BCUT2D eigenvalue weighted by Gasteiger charge is -2.28. The van der Waals surface area contributed by atoms with Crippen molar-refractivity contribution in [2.24, 2.45) is 5.73 Å². The SMILES string of the molecule is N=C(N)c1nnncc1N1CCCCC1. The van der Waals surface area contributed by atoms with E-state index in [1.165, 1.54) is 19.3 Å². The van der Waals surface area contributed by atoms with Gasteiger partial charge in [0.2, 0.25) is 0 Å². The third-order valence-electron chi connectivity index (χ3n) is 2.57. The molecule has 1 saturated heterocycles. The number of nitrogens with one attached hydrogen (secondary N) is 1. The highest BCUT2D eigenvalue weighted by atomic mass is 15.3. The first-order chi connectivity index (χ1) is 7.29. The van der Waals surface area contributed by atoms with E-state index < -0.39 is 0 Å². The van der Waals surface area contributed by atoms with Crippen molar-refractivity contribution in [2.45, 2.75) is 19.3 Å². The van der Waals surface area contributed by atoms with Crippen molar-refractivity contribution in [2.75, 3.05) is 18.0 Å². The van der Waals surface area contributed by atoms with Gasteiger partial charge < -0.3 is 10.6 Å². The molecule has 0 atom stereocenters. The Morgan fingerprint density at radius 3 is 2.73 bits per heavy atom. The molecule has 6 nitrogen and oxygen atoms in total. The van der Waals surface area contributed by atoms with Crippen LogP contribution in [0, 0.1) is 5.41 Å². The van der Waals surface area contributed by atoms with Crippen molar-refractivity contribution in [1.82, 2.24) is 15.4 Å². The molecule has 15 heavy (non-hydrogen) atoms. The van der Waals surface area contributed by atoms with Crippen molar-refractivity contribution in [3.8, 4) is 0 Å². The average molecular weight is 206 g/mol. The van der Waals surface area contributed by atoms with Crippen LogP contribution in [0.4, 0.5) is 5.69 Å². The summed E-state index contributed by atoms with van der Waals surface area (Å²) in [5.74, 6) is -0.0505. The van der Waals surface area contributed by atoms with Crippen LogP contribution < -0.4 is 10.6 Å². The molecule has 0 aromatic carbocycles. The highest BCUT2D eigenvalue weighted by Crippen LogP contribution is 2.20. The van der Waals surface area contributed by atoms with E-state index in [9.17, 15) is 0 Å².